The summed E-state index contributed by atoms with van der Waals surface area (Å²) in [6.07, 6.45) is 4.72. The van der Waals surface area contributed by atoms with Gasteiger partial charge in [0, 0.05) is 43.6 Å². The average molecular weight is 413 g/mol. The number of halogens is 1. The SMILES string of the molecule is N#Cc1nccnc1N1CCC(CNC(=O)C(=O)NCc2ccccc2Cl)CC1. The minimum Gasteiger partial charge on any atom is -0.354 e. The molecule has 2 heterocycles. The van der Waals surface area contributed by atoms with Gasteiger partial charge < -0.3 is 15.5 Å². The van der Waals surface area contributed by atoms with Gasteiger partial charge in [-0.3, -0.25) is 9.59 Å². The number of hydrogen-bond donors (Lipinski definition) is 2. The van der Waals surface area contributed by atoms with Crippen LogP contribution in [0.4, 0.5) is 5.82 Å². The molecule has 0 radical (unpaired) electrons. The van der Waals surface area contributed by atoms with E-state index in [0.717, 1.165) is 18.4 Å². The van der Waals surface area contributed by atoms with Crippen molar-refractivity contribution in [2.75, 3.05) is 24.5 Å². The first-order valence-electron chi connectivity index (χ1n) is 9.34. The standard InChI is InChI=1S/C20H21ClN6O2/c21-16-4-2-1-3-15(16)13-26-20(29)19(28)25-12-14-5-9-27(10-6-14)18-17(11-22)23-7-8-24-18/h1-4,7-8,14H,5-6,9-10,12-13H2,(H,25,28)(H,26,29). The highest BCUT2D eigenvalue weighted by molar-refractivity contribution is 6.35. The Morgan fingerprint density at radius 3 is 2.55 bits per heavy atom. The largest absolute Gasteiger partial charge is 0.354 e. The fraction of sp³-hybridized carbons (Fsp3) is 0.350. The lowest BCUT2D eigenvalue weighted by Gasteiger charge is -2.32. The number of nitrogens with zero attached hydrogens (tertiary/aromatic N) is 4. The highest BCUT2D eigenvalue weighted by Gasteiger charge is 2.23. The minimum absolute atomic E-state index is 0.198. The summed E-state index contributed by atoms with van der Waals surface area (Å²) >= 11 is 6.04. The molecule has 1 fully saturated rings. The normalized spacial score (nSPS) is 14.1. The van der Waals surface area contributed by atoms with Gasteiger partial charge in [-0.05, 0) is 30.4 Å². The highest BCUT2D eigenvalue weighted by Crippen LogP contribution is 2.22. The maximum Gasteiger partial charge on any atom is 0.309 e. The van der Waals surface area contributed by atoms with Gasteiger partial charge in [0.25, 0.3) is 0 Å². The van der Waals surface area contributed by atoms with E-state index in [-0.39, 0.29) is 12.5 Å². The van der Waals surface area contributed by atoms with E-state index in [2.05, 4.69) is 26.7 Å². The Kier molecular flexibility index (Phi) is 6.98. The van der Waals surface area contributed by atoms with Crippen molar-refractivity contribution >= 4 is 29.2 Å². The molecular weight excluding hydrogens is 392 g/mol. The predicted octanol–water partition coefficient (Wildman–Crippen LogP) is 1.65. The third-order valence-electron chi connectivity index (χ3n) is 4.85. The van der Waals surface area contributed by atoms with Gasteiger partial charge >= 0.3 is 11.8 Å². The maximum absolute atomic E-state index is 12.0. The topological polar surface area (TPSA) is 111 Å². The van der Waals surface area contributed by atoms with Gasteiger partial charge in [0.2, 0.25) is 0 Å². The zero-order chi connectivity index (χ0) is 20.6. The molecule has 0 bridgehead atoms. The van der Waals surface area contributed by atoms with Crippen LogP contribution >= 0.6 is 11.6 Å². The second-order valence-corrected chi connectivity index (χ2v) is 7.16. The number of hydrogen-bond acceptors (Lipinski definition) is 6. The van der Waals surface area contributed by atoms with Crippen LogP contribution in [0.25, 0.3) is 0 Å². The van der Waals surface area contributed by atoms with Gasteiger partial charge in [0.1, 0.15) is 6.07 Å². The van der Waals surface area contributed by atoms with E-state index in [1.165, 1.54) is 6.20 Å². The molecule has 2 amide bonds. The first-order valence-corrected chi connectivity index (χ1v) is 9.71. The van der Waals surface area contributed by atoms with E-state index in [1.807, 2.05) is 11.0 Å². The van der Waals surface area contributed by atoms with Crippen LogP contribution in [0.2, 0.25) is 5.02 Å². The lowest BCUT2D eigenvalue weighted by molar-refractivity contribution is -0.139. The molecule has 9 heteroatoms. The molecule has 0 saturated carbocycles. The number of amides is 2. The fourth-order valence-electron chi connectivity index (χ4n) is 3.20. The molecule has 150 valence electrons. The van der Waals surface area contributed by atoms with Crippen molar-refractivity contribution in [2.45, 2.75) is 19.4 Å². The Labute approximate surface area is 173 Å². The molecule has 3 rings (SSSR count). The van der Waals surface area contributed by atoms with E-state index in [9.17, 15) is 9.59 Å². The van der Waals surface area contributed by atoms with Gasteiger partial charge in [0.15, 0.2) is 11.5 Å². The van der Waals surface area contributed by atoms with Crippen LogP contribution in [-0.2, 0) is 16.1 Å². The summed E-state index contributed by atoms with van der Waals surface area (Å²) in [5.74, 6) is -0.481. The number of benzene rings is 1. The van der Waals surface area contributed by atoms with Crippen molar-refractivity contribution in [3.05, 3.63) is 52.9 Å². The number of piperidine rings is 1. The van der Waals surface area contributed by atoms with Crippen LogP contribution in [0.5, 0.6) is 0 Å². The third kappa shape index (κ3) is 5.42. The third-order valence-corrected chi connectivity index (χ3v) is 5.22. The highest BCUT2D eigenvalue weighted by atomic mass is 35.5. The van der Waals surface area contributed by atoms with Crippen LogP contribution in [0.1, 0.15) is 24.1 Å². The fourth-order valence-corrected chi connectivity index (χ4v) is 3.41. The second kappa shape index (κ2) is 9.85. The molecule has 29 heavy (non-hydrogen) atoms. The van der Waals surface area contributed by atoms with Crippen molar-refractivity contribution in [1.82, 2.24) is 20.6 Å². The molecule has 1 aromatic heterocycles. The van der Waals surface area contributed by atoms with E-state index in [4.69, 9.17) is 16.9 Å². The lowest BCUT2D eigenvalue weighted by atomic mass is 9.96. The minimum atomic E-state index is -0.680. The van der Waals surface area contributed by atoms with E-state index in [0.29, 0.717) is 36.2 Å². The molecule has 2 N–H and O–H groups in total. The summed E-state index contributed by atoms with van der Waals surface area (Å²) in [6.45, 7) is 2.06. The van der Waals surface area contributed by atoms with Crippen LogP contribution in [-0.4, -0.2) is 41.4 Å². The quantitative estimate of drug-likeness (QED) is 0.722. The summed E-state index contributed by atoms with van der Waals surface area (Å²) in [6, 6.07) is 9.21. The molecule has 0 spiro atoms. The smallest absolute Gasteiger partial charge is 0.309 e. The van der Waals surface area contributed by atoms with Gasteiger partial charge in [-0.1, -0.05) is 29.8 Å². The molecule has 1 aliphatic rings. The zero-order valence-electron chi connectivity index (χ0n) is 15.8. The van der Waals surface area contributed by atoms with Gasteiger partial charge in [-0.25, -0.2) is 9.97 Å². The molecule has 0 aliphatic carbocycles. The first kappa shape index (κ1) is 20.6. The zero-order valence-corrected chi connectivity index (χ0v) is 16.5. The van der Waals surface area contributed by atoms with Crippen LogP contribution in [0, 0.1) is 17.2 Å². The van der Waals surface area contributed by atoms with Crippen molar-refractivity contribution in [2.24, 2.45) is 5.92 Å². The molecule has 0 unspecified atom stereocenters. The molecule has 1 aromatic carbocycles. The number of rotatable bonds is 5. The Bertz CT molecular complexity index is 921. The summed E-state index contributed by atoms with van der Waals surface area (Å²) in [5.41, 5.74) is 1.07. The van der Waals surface area contributed by atoms with Crippen molar-refractivity contribution < 1.29 is 9.59 Å². The molecule has 2 aromatic rings. The average Bonchev–Trinajstić information content (AvgIpc) is 2.77. The Hall–Kier alpha value is -3.18. The maximum atomic E-state index is 12.0. The molecule has 0 atom stereocenters. The monoisotopic (exact) mass is 412 g/mol. The first-order chi connectivity index (χ1) is 14.1. The number of nitrogens with one attached hydrogen (secondary N) is 2. The van der Waals surface area contributed by atoms with Gasteiger partial charge in [-0.2, -0.15) is 5.26 Å². The van der Waals surface area contributed by atoms with Crippen molar-refractivity contribution in [1.29, 1.82) is 5.26 Å². The number of aromatic nitrogens is 2. The van der Waals surface area contributed by atoms with Crippen LogP contribution in [0.3, 0.4) is 0 Å². The van der Waals surface area contributed by atoms with E-state index >= 15 is 0 Å². The Morgan fingerprint density at radius 1 is 1.14 bits per heavy atom. The van der Waals surface area contributed by atoms with E-state index in [1.54, 1.807) is 24.4 Å². The van der Waals surface area contributed by atoms with Crippen LogP contribution < -0.4 is 15.5 Å². The lowest BCUT2D eigenvalue weighted by Crippen LogP contribution is -2.44. The number of carbonyl (C=O) groups excluding carboxylic acids is 2. The second-order valence-electron chi connectivity index (χ2n) is 6.75. The molecular formula is C20H21ClN6O2. The van der Waals surface area contributed by atoms with Crippen molar-refractivity contribution in [3.63, 3.8) is 0 Å². The van der Waals surface area contributed by atoms with Gasteiger partial charge in [-0.15, -0.1) is 0 Å². The summed E-state index contributed by atoms with van der Waals surface area (Å²) in [4.78, 5) is 34.4. The number of nitriles is 1. The molecule has 8 nitrogen and oxygen atoms in total. The van der Waals surface area contributed by atoms with Gasteiger partial charge in [0.05, 0.1) is 0 Å². The van der Waals surface area contributed by atoms with E-state index < -0.39 is 11.8 Å². The summed E-state index contributed by atoms with van der Waals surface area (Å²) in [5, 5.41) is 15.0. The predicted molar refractivity (Wildman–Crippen MR) is 108 cm³/mol. The summed E-state index contributed by atoms with van der Waals surface area (Å²) in [7, 11) is 0. The number of anilines is 1. The van der Waals surface area contributed by atoms with Crippen molar-refractivity contribution in [3.8, 4) is 6.07 Å². The number of carbonyl (C=O) groups is 2. The Balaban J connectivity index is 1.42. The molecule has 1 aliphatic heterocycles. The van der Waals surface area contributed by atoms with Crippen LogP contribution in [0.15, 0.2) is 36.7 Å². The Morgan fingerprint density at radius 2 is 1.83 bits per heavy atom. The summed E-state index contributed by atoms with van der Waals surface area (Å²) < 4.78 is 0. The molecule has 1 saturated heterocycles.